The van der Waals surface area contributed by atoms with Crippen LogP contribution in [-0.2, 0) is 16.0 Å². The molecule has 0 spiro atoms. The van der Waals surface area contributed by atoms with Crippen molar-refractivity contribution in [2.45, 2.75) is 12.5 Å². The molecule has 5 heteroatoms. The number of ether oxygens (including phenoxy) is 1. The molecule has 0 bridgehead atoms. The molecule has 1 amide bonds. The minimum absolute atomic E-state index is 0.0434. The molecule has 0 unspecified atom stereocenters. The molecule has 3 heterocycles. The van der Waals surface area contributed by atoms with Gasteiger partial charge in [0.15, 0.2) is 0 Å². The first-order valence-electron chi connectivity index (χ1n) is 6.63. The summed E-state index contributed by atoms with van der Waals surface area (Å²) >= 11 is 1.62. The van der Waals surface area contributed by atoms with Gasteiger partial charge in [0.05, 0.1) is 19.6 Å². The first-order chi connectivity index (χ1) is 9.83. The van der Waals surface area contributed by atoms with E-state index in [4.69, 9.17) is 4.74 Å². The number of morpholine rings is 1. The number of hydrogen-bond donors (Lipinski definition) is 0. The van der Waals surface area contributed by atoms with Gasteiger partial charge in [-0.05, 0) is 40.1 Å². The molecule has 0 saturated carbocycles. The van der Waals surface area contributed by atoms with Crippen LogP contribution in [-0.4, -0.2) is 35.5 Å². The van der Waals surface area contributed by atoms with Crippen molar-refractivity contribution >= 4 is 17.2 Å². The van der Waals surface area contributed by atoms with Gasteiger partial charge in [-0.1, -0.05) is 0 Å². The van der Waals surface area contributed by atoms with E-state index in [0.29, 0.717) is 26.1 Å². The van der Waals surface area contributed by atoms with Crippen molar-refractivity contribution in [1.29, 1.82) is 0 Å². The van der Waals surface area contributed by atoms with Crippen LogP contribution >= 0.6 is 11.3 Å². The van der Waals surface area contributed by atoms with Crippen LogP contribution in [0.2, 0.25) is 0 Å². The van der Waals surface area contributed by atoms with E-state index in [9.17, 15) is 4.79 Å². The van der Waals surface area contributed by atoms with Gasteiger partial charge in [0.2, 0.25) is 5.91 Å². The summed E-state index contributed by atoms with van der Waals surface area (Å²) in [5, 5.41) is 4.03. The lowest BCUT2D eigenvalue weighted by atomic mass is 10.1. The number of rotatable bonds is 3. The Morgan fingerprint density at radius 2 is 2.25 bits per heavy atom. The summed E-state index contributed by atoms with van der Waals surface area (Å²) in [6.07, 6.45) is 3.94. The fraction of sp³-hybridized carbons (Fsp3) is 0.333. The number of carbonyl (C=O) groups is 1. The predicted molar refractivity (Wildman–Crippen MR) is 77.5 cm³/mol. The van der Waals surface area contributed by atoms with Gasteiger partial charge in [-0.3, -0.25) is 9.78 Å². The van der Waals surface area contributed by atoms with E-state index >= 15 is 0 Å². The molecule has 1 fully saturated rings. The van der Waals surface area contributed by atoms with Gasteiger partial charge in [0.25, 0.3) is 0 Å². The van der Waals surface area contributed by atoms with Gasteiger partial charge < -0.3 is 9.64 Å². The summed E-state index contributed by atoms with van der Waals surface area (Å²) < 4.78 is 5.76. The Morgan fingerprint density at radius 1 is 1.40 bits per heavy atom. The highest BCUT2D eigenvalue weighted by molar-refractivity contribution is 7.07. The van der Waals surface area contributed by atoms with Gasteiger partial charge in [-0.2, -0.15) is 11.3 Å². The van der Waals surface area contributed by atoms with Crippen LogP contribution in [0.4, 0.5) is 0 Å². The predicted octanol–water partition coefficient (Wildman–Crippen LogP) is 2.29. The molecule has 1 aliphatic rings. The second-order valence-electron chi connectivity index (χ2n) is 4.79. The second kappa shape index (κ2) is 6.15. The van der Waals surface area contributed by atoms with E-state index in [1.807, 2.05) is 33.9 Å². The minimum atomic E-state index is -0.0434. The Bertz CT molecular complexity index is 557. The van der Waals surface area contributed by atoms with Crippen molar-refractivity contribution in [3.05, 3.63) is 52.5 Å². The molecule has 104 valence electrons. The zero-order valence-corrected chi connectivity index (χ0v) is 11.9. The maximum absolute atomic E-state index is 12.3. The fourth-order valence-electron chi connectivity index (χ4n) is 2.34. The molecule has 0 aliphatic carbocycles. The smallest absolute Gasteiger partial charge is 0.227 e. The van der Waals surface area contributed by atoms with E-state index in [0.717, 1.165) is 11.1 Å². The molecule has 3 rings (SSSR count). The number of nitrogens with zero attached hydrogens (tertiary/aromatic N) is 2. The minimum Gasteiger partial charge on any atom is -0.370 e. The molecular formula is C15H16N2O2S. The highest BCUT2D eigenvalue weighted by Crippen LogP contribution is 2.22. The zero-order chi connectivity index (χ0) is 13.8. The van der Waals surface area contributed by atoms with E-state index < -0.39 is 0 Å². The summed E-state index contributed by atoms with van der Waals surface area (Å²) in [5.41, 5.74) is 2.17. The van der Waals surface area contributed by atoms with E-state index in [1.54, 1.807) is 23.7 Å². The SMILES string of the molecule is O=C(Cc1ccsc1)N1CCO[C@H](c2ccncc2)C1. The standard InChI is InChI=1S/C15H16N2O2S/c18-15(9-12-3-8-20-11-12)17-6-7-19-14(10-17)13-1-4-16-5-2-13/h1-5,8,11,14H,6-7,9-10H2/t14-/m0/s1. The number of hydrogen-bond acceptors (Lipinski definition) is 4. The van der Waals surface area contributed by atoms with Gasteiger partial charge >= 0.3 is 0 Å². The summed E-state index contributed by atoms with van der Waals surface area (Å²) in [7, 11) is 0. The number of aromatic nitrogens is 1. The van der Waals surface area contributed by atoms with E-state index in [-0.39, 0.29) is 12.0 Å². The quantitative estimate of drug-likeness (QED) is 0.870. The van der Waals surface area contributed by atoms with Crippen LogP contribution in [0.1, 0.15) is 17.2 Å². The molecule has 0 aromatic carbocycles. The third-order valence-electron chi connectivity index (χ3n) is 3.43. The van der Waals surface area contributed by atoms with Crippen LogP contribution in [0.3, 0.4) is 0 Å². The largest absolute Gasteiger partial charge is 0.370 e. The summed E-state index contributed by atoms with van der Waals surface area (Å²) in [6.45, 7) is 1.87. The first kappa shape index (κ1) is 13.3. The molecule has 1 atom stereocenters. The highest BCUT2D eigenvalue weighted by Gasteiger charge is 2.25. The topological polar surface area (TPSA) is 42.4 Å². The Balaban J connectivity index is 1.64. The monoisotopic (exact) mass is 288 g/mol. The van der Waals surface area contributed by atoms with Crippen LogP contribution in [0.25, 0.3) is 0 Å². The summed E-state index contributed by atoms with van der Waals surface area (Å²) in [4.78, 5) is 18.2. The van der Waals surface area contributed by atoms with Crippen molar-refractivity contribution in [2.24, 2.45) is 0 Å². The molecule has 2 aromatic rings. The number of carbonyl (C=O) groups excluding carboxylic acids is 1. The lowest BCUT2D eigenvalue weighted by Gasteiger charge is -2.33. The lowest BCUT2D eigenvalue weighted by Crippen LogP contribution is -2.42. The zero-order valence-electron chi connectivity index (χ0n) is 11.1. The van der Waals surface area contributed by atoms with E-state index in [2.05, 4.69) is 4.98 Å². The second-order valence-corrected chi connectivity index (χ2v) is 5.57. The van der Waals surface area contributed by atoms with Crippen LogP contribution in [0, 0.1) is 0 Å². The van der Waals surface area contributed by atoms with Crippen molar-refractivity contribution < 1.29 is 9.53 Å². The third-order valence-corrected chi connectivity index (χ3v) is 4.16. The lowest BCUT2D eigenvalue weighted by molar-refractivity contribution is -0.138. The number of amides is 1. The molecule has 1 saturated heterocycles. The average molecular weight is 288 g/mol. The van der Waals surface area contributed by atoms with Gasteiger partial charge in [0, 0.05) is 18.9 Å². The van der Waals surface area contributed by atoms with Gasteiger partial charge in [-0.15, -0.1) is 0 Å². The van der Waals surface area contributed by atoms with Crippen molar-refractivity contribution in [2.75, 3.05) is 19.7 Å². The maximum Gasteiger partial charge on any atom is 0.227 e. The number of thiophene rings is 1. The molecule has 4 nitrogen and oxygen atoms in total. The van der Waals surface area contributed by atoms with Crippen LogP contribution in [0.15, 0.2) is 41.4 Å². The van der Waals surface area contributed by atoms with E-state index in [1.165, 1.54) is 0 Å². The molecule has 0 radical (unpaired) electrons. The molecular weight excluding hydrogens is 272 g/mol. The highest BCUT2D eigenvalue weighted by atomic mass is 32.1. The third kappa shape index (κ3) is 3.05. The first-order valence-corrected chi connectivity index (χ1v) is 7.57. The summed E-state index contributed by atoms with van der Waals surface area (Å²) in [5.74, 6) is 0.172. The summed E-state index contributed by atoms with van der Waals surface area (Å²) in [6, 6.07) is 5.89. The van der Waals surface area contributed by atoms with Crippen LogP contribution < -0.4 is 0 Å². The average Bonchev–Trinajstić information content (AvgIpc) is 3.01. The molecule has 20 heavy (non-hydrogen) atoms. The van der Waals surface area contributed by atoms with Crippen molar-refractivity contribution in [3.8, 4) is 0 Å². The van der Waals surface area contributed by atoms with Gasteiger partial charge in [-0.25, -0.2) is 0 Å². The Morgan fingerprint density at radius 3 is 3.00 bits per heavy atom. The molecule has 0 N–H and O–H groups in total. The molecule has 1 aliphatic heterocycles. The Kier molecular flexibility index (Phi) is 4.08. The maximum atomic E-state index is 12.3. The fourth-order valence-corrected chi connectivity index (χ4v) is 3.00. The van der Waals surface area contributed by atoms with Crippen LogP contribution in [0.5, 0.6) is 0 Å². The Labute approximate surface area is 122 Å². The molecule has 2 aromatic heterocycles. The van der Waals surface area contributed by atoms with Crippen molar-refractivity contribution in [1.82, 2.24) is 9.88 Å². The Hall–Kier alpha value is -1.72. The normalized spacial score (nSPS) is 19.0. The van der Waals surface area contributed by atoms with Crippen molar-refractivity contribution in [3.63, 3.8) is 0 Å². The number of pyridine rings is 1. The van der Waals surface area contributed by atoms with Gasteiger partial charge in [0.1, 0.15) is 6.10 Å².